The van der Waals surface area contributed by atoms with Crippen LogP contribution in [-0.4, -0.2) is 40.6 Å². The van der Waals surface area contributed by atoms with Crippen molar-refractivity contribution in [3.63, 3.8) is 0 Å². The van der Waals surface area contributed by atoms with Gasteiger partial charge >= 0.3 is 12.0 Å². The van der Waals surface area contributed by atoms with Gasteiger partial charge in [0.25, 0.3) is 0 Å². The molecule has 2 aliphatic rings. The third kappa shape index (κ3) is 1.34. The first kappa shape index (κ1) is 8.34. The van der Waals surface area contributed by atoms with Gasteiger partial charge in [0.2, 0.25) is 0 Å². The van der Waals surface area contributed by atoms with E-state index in [9.17, 15) is 9.59 Å². The molecular weight excluding hydrogens is 172 g/mol. The van der Waals surface area contributed by atoms with Gasteiger partial charge in [0, 0.05) is 0 Å². The normalized spacial score (nSPS) is 31.7. The zero-order valence-electron chi connectivity index (χ0n) is 7.19. The van der Waals surface area contributed by atoms with Crippen molar-refractivity contribution in [1.29, 1.82) is 0 Å². The van der Waals surface area contributed by atoms with E-state index in [1.165, 1.54) is 4.90 Å². The molecule has 5 heteroatoms. The molecule has 0 aromatic heterocycles. The van der Waals surface area contributed by atoms with E-state index in [-0.39, 0.29) is 24.7 Å². The number of aliphatic carboxylic acids is 1. The maximum atomic E-state index is 11.3. The predicted molar refractivity (Wildman–Crippen MR) is 44.3 cm³/mol. The molecule has 1 saturated carbocycles. The number of carbonyl (C=O) groups is 2. The third-order valence-electron chi connectivity index (χ3n) is 2.76. The number of amides is 2. The molecule has 2 N–H and O–H groups in total. The lowest BCUT2D eigenvalue weighted by Gasteiger charge is -2.19. The number of hydrogen-bond donors (Lipinski definition) is 2. The SMILES string of the molecule is O=C(O)CN1C(=O)NC2CCCC21. The lowest BCUT2D eigenvalue weighted by molar-refractivity contribution is -0.137. The summed E-state index contributed by atoms with van der Waals surface area (Å²) in [6.07, 6.45) is 2.98. The van der Waals surface area contributed by atoms with Crippen LogP contribution in [0.15, 0.2) is 0 Å². The minimum Gasteiger partial charge on any atom is -0.480 e. The summed E-state index contributed by atoms with van der Waals surface area (Å²) < 4.78 is 0. The van der Waals surface area contributed by atoms with Crippen LogP contribution in [-0.2, 0) is 4.79 Å². The standard InChI is InChI=1S/C8H12N2O3/c11-7(12)4-10-6-3-1-2-5(6)9-8(10)13/h5-6H,1-4H2,(H,9,13)(H,11,12). The van der Waals surface area contributed by atoms with Crippen molar-refractivity contribution in [2.45, 2.75) is 31.3 Å². The summed E-state index contributed by atoms with van der Waals surface area (Å²) >= 11 is 0. The van der Waals surface area contributed by atoms with E-state index >= 15 is 0 Å². The number of carboxylic acids is 1. The fourth-order valence-electron chi connectivity index (χ4n) is 2.21. The zero-order chi connectivity index (χ0) is 9.42. The highest BCUT2D eigenvalue weighted by Crippen LogP contribution is 2.28. The molecule has 1 heterocycles. The molecule has 2 atom stereocenters. The van der Waals surface area contributed by atoms with Crippen LogP contribution in [0.25, 0.3) is 0 Å². The zero-order valence-corrected chi connectivity index (χ0v) is 7.19. The lowest BCUT2D eigenvalue weighted by Crippen LogP contribution is -2.38. The number of rotatable bonds is 2. The second-order valence-corrected chi connectivity index (χ2v) is 3.58. The molecular formula is C8H12N2O3. The molecule has 2 unspecified atom stereocenters. The molecule has 5 nitrogen and oxygen atoms in total. The van der Waals surface area contributed by atoms with Crippen molar-refractivity contribution in [2.75, 3.05) is 6.54 Å². The summed E-state index contributed by atoms with van der Waals surface area (Å²) in [5, 5.41) is 11.4. The number of fused-ring (bicyclic) bond motifs is 1. The summed E-state index contributed by atoms with van der Waals surface area (Å²) in [6, 6.07) is 0.0764. The Bertz CT molecular complexity index is 254. The summed E-state index contributed by atoms with van der Waals surface area (Å²) in [5.41, 5.74) is 0. The van der Waals surface area contributed by atoms with Gasteiger partial charge in [-0.1, -0.05) is 0 Å². The Kier molecular flexibility index (Phi) is 1.86. The summed E-state index contributed by atoms with van der Waals surface area (Å²) in [5.74, 6) is -0.942. The Labute approximate surface area is 75.7 Å². The van der Waals surface area contributed by atoms with Gasteiger partial charge in [-0.25, -0.2) is 4.79 Å². The molecule has 0 radical (unpaired) electrons. The van der Waals surface area contributed by atoms with Crippen molar-refractivity contribution in [3.05, 3.63) is 0 Å². The van der Waals surface area contributed by atoms with Crippen LogP contribution in [0.1, 0.15) is 19.3 Å². The van der Waals surface area contributed by atoms with E-state index in [0.29, 0.717) is 0 Å². The fourth-order valence-corrected chi connectivity index (χ4v) is 2.21. The van der Waals surface area contributed by atoms with Crippen LogP contribution in [0.2, 0.25) is 0 Å². The molecule has 0 aromatic carbocycles. The lowest BCUT2D eigenvalue weighted by atomic mass is 10.2. The largest absolute Gasteiger partial charge is 0.480 e. The Morgan fingerprint density at radius 1 is 1.62 bits per heavy atom. The van der Waals surface area contributed by atoms with Crippen LogP contribution in [0.4, 0.5) is 4.79 Å². The van der Waals surface area contributed by atoms with Gasteiger partial charge < -0.3 is 15.3 Å². The van der Waals surface area contributed by atoms with E-state index in [4.69, 9.17) is 5.11 Å². The molecule has 0 bridgehead atoms. The quantitative estimate of drug-likeness (QED) is 0.635. The van der Waals surface area contributed by atoms with Gasteiger partial charge in [0.15, 0.2) is 0 Å². The van der Waals surface area contributed by atoms with E-state index < -0.39 is 5.97 Å². The highest BCUT2D eigenvalue weighted by molar-refractivity contribution is 5.82. The first-order chi connectivity index (χ1) is 6.18. The van der Waals surface area contributed by atoms with Gasteiger partial charge in [0.1, 0.15) is 6.54 Å². The van der Waals surface area contributed by atoms with Gasteiger partial charge in [-0.05, 0) is 19.3 Å². The van der Waals surface area contributed by atoms with Crippen LogP contribution < -0.4 is 5.32 Å². The number of carboxylic acid groups (broad SMARTS) is 1. The van der Waals surface area contributed by atoms with E-state index in [1.54, 1.807) is 0 Å². The Morgan fingerprint density at radius 2 is 2.38 bits per heavy atom. The first-order valence-corrected chi connectivity index (χ1v) is 4.47. The van der Waals surface area contributed by atoms with Crippen LogP contribution in [0, 0.1) is 0 Å². The molecule has 1 saturated heterocycles. The second-order valence-electron chi connectivity index (χ2n) is 3.58. The van der Waals surface area contributed by atoms with E-state index in [2.05, 4.69) is 5.32 Å². The van der Waals surface area contributed by atoms with Gasteiger partial charge in [0.05, 0.1) is 12.1 Å². The minimum absolute atomic E-state index is 0.114. The molecule has 0 spiro atoms. The number of nitrogens with zero attached hydrogens (tertiary/aromatic N) is 1. The molecule has 2 rings (SSSR count). The number of hydrogen-bond acceptors (Lipinski definition) is 2. The van der Waals surface area contributed by atoms with Crippen LogP contribution in [0.5, 0.6) is 0 Å². The average Bonchev–Trinajstić information content (AvgIpc) is 2.55. The summed E-state index contributed by atoms with van der Waals surface area (Å²) in [7, 11) is 0. The average molecular weight is 184 g/mol. The molecule has 13 heavy (non-hydrogen) atoms. The maximum absolute atomic E-state index is 11.3. The topological polar surface area (TPSA) is 69.6 Å². The predicted octanol–water partition coefficient (Wildman–Crippen LogP) is 0.0173. The van der Waals surface area contributed by atoms with Crippen molar-refractivity contribution in [3.8, 4) is 0 Å². The number of nitrogens with one attached hydrogen (secondary N) is 1. The number of carbonyl (C=O) groups excluding carboxylic acids is 1. The van der Waals surface area contributed by atoms with Crippen molar-refractivity contribution in [2.24, 2.45) is 0 Å². The minimum atomic E-state index is -0.942. The second kappa shape index (κ2) is 2.90. The highest BCUT2D eigenvalue weighted by Gasteiger charge is 2.42. The monoisotopic (exact) mass is 184 g/mol. The smallest absolute Gasteiger partial charge is 0.323 e. The Morgan fingerprint density at radius 3 is 3.08 bits per heavy atom. The number of urea groups is 1. The van der Waals surface area contributed by atoms with Gasteiger partial charge in [-0.15, -0.1) is 0 Å². The van der Waals surface area contributed by atoms with Crippen molar-refractivity contribution < 1.29 is 14.7 Å². The van der Waals surface area contributed by atoms with E-state index in [1.807, 2.05) is 0 Å². The summed E-state index contributed by atoms with van der Waals surface area (Å²) in [6.45, 7) is -0.174. The van der Waals surface area contributed by atoms with Crippen LogP contribution >= 0.6 is 0 Å². The maximum Gasteiger partial charge on any atom is 0.323 e. The fraction of sp³-hybridized carbons (Fsp3) is 0.750. The van der Waals surface area contributed by atoms with E-state index in [0.717, 1.165) is 19.3 Å². The van der Waals surface area contributed by atoms with Gasteiger partial charge in [-0.3, -0.25) is 4.79 Å². The Hall–Kier alpha value is -1.26. The molecule has 0 aromatic rings. The van der Waals surface area contributed by atoms with Gasteiger partial charge in [-0.2, -0.15) is 0 Å². The third-order valence-corrected chi connectivity index (χ3v) is 2.76. The summed E-state index contributed by atoms with van der Waals surface area (Å²) in [4.78, 5) is 23.2. The molecule has 1 aliphatic heterocycles. The molecule has 2 amide bonds. The van der Waals surface area contributed by atoms with Crippen molar-refractivity contribution in [1.82, 2.24) is 10.2 Å². The van der Waals surface area contributed by atoms with Crippen LogP contribution in [0.3, 0.4) is 0 Å². The molecule has 1 aliphatic carbocycles. The van der Waals surface area contributed by atoms with Crippen molar-refractivity contribution >= 4 is 12.0 Å². The molecule has 2 fully saturated rings. The highest BCUT2D eigenvalue weighted by atomic mass is 16.4. The molecule has 72 valence electrons. The Balaban J connectivity index is 2.08. The first-order valence-electron chi connectivity index (χ1n) is 4.47.